The Kier molecular flexibility index (Phi) is 8.62. The largest absolute Gasteiger partial charge is 0.466 e. The van der Waals surface area contributed by atoms with E-state index in [4.69, 9.17) is 0 Å². The Bertz CT molecular complexity index is 745. The second-order valence-electron chi connectivity index (χ2n) is 7.05. The van der Waals surface area contributed by atoms with Crippen LogP contribution in [0.15, 0.2) is 48.8 Å². The predicted octanol–water partition coefficient (Wildman–Crippen LogP) is 3.42. The lowest BCUT2D eigenvalue weighted by Crippen LogP contribution is -2.40. The van der Waals surface area contributed by atoms with Gasteiger partial charge in [-0.3, -0.25) is 9.88 Å². The summed E-state index contributed by atoms with van der Waals surface area (Å²) in [6.07, 6.45) is 7.25. The highest BCUT2D eigenvalue weighted by Gasteiger charge is 2.14. The zero-order chi connectivity index (χ0) is 20.4. The Morgan fingerprint density at radius 3 is 2.54 bits per heavy atom. The van der Waals surface area contributed by atoms with Crippen LogP contribution in [0.5, 0.6) is 0 Å². The van der Waals surface area contributed by atoms with Crippen molar-refractivity contribution in [2.75, 3.05) is 25.5 Å². The summed E-state index contributed by atoms with van der Waals surface area (Å²) in [5, 5.41) is 3.40. The first-order chi connectivity index (χ1) is 13.5. The minimum absolute atomic E-state index is 0.226. The topological polar surface area (TPSA) is 67.3 Å². The van der Waals surface area contributed by atoms with E-state index in [-0.39, 0.29) is 6.04 Å². The van der Waals surface area contributed by atoms with Gasteiger partial charge >= 0.3 is 5.97 Å². The maximum absolute atomic E-state index is 11.1. The lowest BCUT2D eigenvalue weighted by atomic mass is 10.1. The first-order valence-electron chi connectivity index (χ1n) is 9.60. The quantitative estimate of drug-likeness (QED) is 0.502. The van der Waals surface area contributed by atoms with Crippen LogP contribution in [-0.2, 0) is 16.0 Å². The van der Waals surface area contributed by atoms with Crippen molar-refractivity contribution in [1.29, 1.82) is 0 Å². The number of nitrogens with one attached hydrogen (secondary N) is 1. The fourth-order valence-electron chi connectivity index (χ4n) is 2.85. The molecule has 1 aromatic heterocycles. The second-order valence-corrected chi connectivity index (χ2v) is 7.05. The van der Waals surface area contributed by atoms with Gasteiger partial charge in [-0.05, 0) is 38.8 Å². The third-order valence-electron chi connectivity index (χ3n) is 4.43. The molecular weight excluding hydrogens is 352 g/mol. The van der Waals surface area contributed by atoms with E-state index in [1.54, 1.807) is 18.5 Å². The molecule has 0 bridgehead atoms. The number of methoxy groups -OCH3 is 1. The van der Waals surface area contributed by atoms with E-state index in [0.717, 1.165) is 25.3 Å². The van der Waals surface area contributed by atoms with Gasteiger partial charge in [-0.15, -0.1) is 0 Å². The minimum Gasteiger partial charge on any atom is -0.466 e. The number of benzene rings is 1. The lowest BCUT2D eigenvalue weighted by molar-refractivity contribution is -0.134. The first kappa shape index (κ1) is 21.6. The van der Waals surface area contributed by atoms with Crippen LogP contribution in [0.4, 0.5) is 5.82 Å². The fraction of sp³-hybridized carbons (Fsp3) is 0.409. The van der Waals surface area contributed by atoms with Crippen molar-refractivity contribution in [3.05, 3.63) is 60.1 Å². The summed E-state index contributed by atoms with van der Waals surface area (Å²) in [5.41, 5.74) is 1.96. The van der Waals surface area contributed by atoms with E-state index in [1.807, 2.05) is 6.07 Å². The molecule has 0 aliphatic carbocycles. The maximum Gasteiger partial charge on any atom is 0.330 e. The number of carbonyl (C=O) groups excluding carboxylic acids is 1. The Morgan fingerprint density at radius 2 is 1.93 bits per heavy atom. The molecule has 0 fully saturated rings. The van der Waals surface area contributed by atoms with Gasteiger partial charge in [0.05, 0.1) is 25.2 Å². The minimum atomic E-state index is -0.415. The molecule has 1 heterocycles. The molecule has 1 atom stereocenters. The molecule has 0 spiro atoms. The van der Waals surface area contributed by atoms with Crippen molar-refractivity contribution in [3.8, 4) is 0 Å². The number of hydrogen-bond donors (Lipinski definition) is 1. The van der Waals surface area contributed by atoms with Crippen molar-refractivity contribution in [3.63, 3.8) is 0 Å². The molecule has 2 aromatic rings. The summed E-state index contributed by atoms with van der Waals surface area (Å²) in [5.74, 6) is 0.302. The molecule has 0 unspecified atom stereocenters. The number of aromatic nitrogens is 2. The summed E-state index contributed by atoms with van der Waals surface area (Å²) in [6.45, 7) is 8.51. The van der Waals surface area contributed by atoms with E-state index >= 15 is 0 Å². The van der Waals surface area contributed by atoms with Gasteiger partial charge in [0.2, 0.25) is 0 Å². The number of anilines is 1. The number of ether oxygens (including phenoxy) is 1. The summed E-state index contributed by atoms with van der Waals surface area (Å²) < 4.78 is 4.56. The maximum atomic E-state index is 11.1. The Hall–Kier alpha value is -2.73. The standard InChI is InChI=1S/C22H30N4O2/c1-17(2)26(13-12-19-8-6-5-7-9-19)16-18(3)25-21-15-23-20(14-24-21)10-11-22(27)28-4/h5-11,14-15,17-18H,12-13,16H2,1-4H3,(H,24,25)/t18-/m1/s1. The van der Waals surface area contributed by atoms with Gasteiger partial charge < -0.3 is 10.1 Å². The molecule has 1 N–H and O–H groups in total. The lowest BCUT2D eigenvalue weighted by Gasteiger charge is -2.30. The first-order valence-corrected chi connectivity index (χ1v) is 9.60. The van der Waals surface area contributed by atoms with Gasteiger partial charge in [-0.25, -0.2) is 9.78 Å². The van der Waals surface area contributed by atoms with Crippen molar-refractivity contribution in [2.45, 2.75) is 39.3 Å². The molecule has 6 nitrogen and oxygen atoms in total. The van der Waals surface area contributed by atoms with Crippen LogP contribution in [0.1, 0.15) is 32.0 Å². The summed E-state index contributed by atoms with van der Waals surface area (Å²) in [7, 11) is 1.34. The number of nitrogens with zero attached hydrogens (tertiary/aromatic N) is 3. The molecule has 0 radical (unpaired) electrons. The molecule has 2 rings (SSSR count). The van der Waals surface area contributed by atoms with Gasteiger partial charge in [0.15, 0.2) is 0 Å². The second kappa shape index (κ2) is 11.2. The normalized spacial score (nSPS) is 12.5. The molecule has 0 aliphatic rings. The molecule has 28 heavy (non-hydrogen) atoms. The van der Waals surface area contributed by atoms with Gasteiger partial charge in [-0.1, -0.05) is 30.3 Å². The van der Waals surface area contributed by atoms with Crippen molar-refractivity contribution >= 4 is 17.9 Å². The van der Waals surface area contributed by atoms with E-state index in [2.05, 4.69) is 70.0 Å². The fourth-order valence-corrected chi connectivity index (χ4v) is 2.85. The SMILES string of the molecule is COC(=O)C=Cc1cnc(N[C@H](C)CN(CCc2ccccc2)C(C)C)cn1. The molecule has 0 aliphatic heterocycles. The average molecular weight is 383 g/mol. The smallest absolute Gasteiger partial charge is 0.330 e. The third kappa shape index (κ3) is 7.48. The Morgan fingerprint density at radius 1 is 1.18 bits per heavy atom. The van der Waals surface area contributed by atoms with Gasteiger partial charge in [0, 0.05) is 31.2 Å². The molecule has 0 saturated heterocycles. The molecule has 6 heteroatoms. The highest BCUT2D eigenvalue weighted by molar-refractivity contribution is 5.86. The van der Waals surface area contributed by atoms with Gasteiger partial charge in [0.25, 0.3) is 0 Å². The molecule has 0 amide bonds. The van der Waals surface area contributed by atoms with Crippen molar-refractivity contribution in [2.24, 2.45) is 0 Å². The van der Waals surface area contributed by atoms with Crippen molar-refractivity contribution < 1.29 is 9.53 Å². The third-order valence-corrected chi connectivity index (χ3v) is 4.43. The van der Waals surface area contributed by atoms with Gasteiger partial charge in [-0.2, -0.15) is 0 Å². The average Bonchev–Trinajstić information content (AvgIpc) is 2.70. The predicted molar refractivity (Wildman–Crippen MR) is 113 cm³/mol. The summed E-state index contributed by atoms with van der Waals surface area (Å²) in [4.78, 5) is 22.3. The zero-order valence-electron chi connectivity index (χ0n) is 17.1. The number of rotatable bonds is 10. The number of carbonyl (C=O) groups is 1. The van der Waals surface area contributed by atoms with Gasteiger partial charge in [0.1, 0.15) is 5.82 Å². The van der Waals surface area contributed by atoms with Crippen LogP contribution in [0.25, 0.3) is 6.08 Å². The number of esters is 1. The molecular formula is C22H30N4O2. The van der Waals surface area contributed by atoms with Crippen LogP contribution in [0.2, 0.25) is 0 Å². The molecule has 150 valence electrons. The highest BCUT2D eigenvalue weighted by atomic mass is 16.5. The van der Waals surface area contributed by atoms with E-state index in [9.17, 15) is 4.79 Å². The number of hydrogen-bond acceptors (Lipinski definition) is 6. The van der Waals surface area contributed by atoms with Crippen LogP contribution < -0.4 is 5.32 Å². The van der Waals surface area contributed by atoms with Crippen LogP contribution >= 0.6 is 0 Å². The Balaban J connectivity index is 1.87. The van der Waals surface area contributed by atoms with E-state index < -0.39 is 5.97 Å². The van der Waals surface area contributed by atoms with Crippen molar-refractivity contribution in [1.82, 2.24) is 14.9 Å². The zero-order valence-corrected chi connectivity index (χ0v) is 17.1. The van der Waals surface area contributed by atoms with E-state index in [0.29, 0.717) is 11.7 Å². The van der Waals surface area contributed by atoms with E-state index in [1.165, 1.54) is 18.7 Å². The molecule has 1 aromatic carbocycles. The molecule has 0 saturated carbocycles. The Labute approximate surface area is 167 Å². The summed E-state index contributed by atoms with van der Waals surface area (Å²) >= 11 is 0. The monoisotopic (exact) mass is 382 g/mol. The summed E-state index contributed by atoms with van der Waals surface area (Å²) in [6, 6.07) is 11.3. The van der Waals surface area contributed by atoms with Crippen LogP contribution in [0.3, 0.4) is 0 Å². The van der Waals surface area contributed by atoms with Crippen LogP contribution in [-0.4, -0.2) is 53.1 Å². The van der Waals surface area contributed by atoms with Crippen LogP contribution in [0, 0.1) is 0 Å². The highest BCUT2D eigenvalue weighted by Crippen LogP contribution is 2.09.